The number of amides is 1. The van der Waals surface area contributed by atoms with Gasteiger partial charge in [-0.2, -0.15) is 0 Å². The fraction of sp³-hybridized carbons (Fsp3) is 0.0952. The molecule has 0 saturated heterocycles. The van der Waals surface area contributed by atoms with E-state index < -0.39 is 0 Å². The quantitative estimate of drug-likeness (QED) is 0.656. The van der Waals surface area contributed by atoms with Crippen LogP contribution >= 0.6 is 15.9 Å². The van der Waals surface area contributed by atoms with Gasteiger partial charge in [0.15, 0.2) is 0 Å². The van der Waals surface area contributed by atoms with Gasteiger partial charge in [-0.05, 0) is 41.8 Å². The Labute approximate surface area is 150 Å². The SMILES string of the molecule is Cc1ccccc1C(=O)NC(c1ccccc1)c1ccc(Br)cc1. The zero-order chi connectivity index (χ0) is 16.9. The summed E-state index contributed by atoms with van der Waals surface area (Å²) >= 11 is 3.46. The van der Waals surface area contributed by atoms with Crippen LogP contribution in [0.3, 0.4) is 0 Å². The first-order valence-electron chi connectivity index (χ1n) is 7.82. The van der Waals surface area contributed by atoms with Crippen LogP contribution in [0.5, 0.6) is 0 Å². The summed E-state index contributed by atoms with van der Waals surface area (Å²) in [6.07, 6.45) is 0. The van der Waals surface area contributed by atoms with E-state index in [2.05, 4.69) is 21.2 Å². The van der Waals surface area contributed by atoms with Crippen LogP contribution in [0.1, 0.15) is 33.1 Å². The number of hydrogen-bond acceptors (Lipinski definition) is 1. The van der Waals surface area contributed by atoms with Crippen molar-refractivity contribution in [1.82, 2.24) is 5.32 Å². The lowest BCUT2D eigenvalue weighted by Gasteiger charge is -2.20. The summed E-state index contributed by atoms with van der Waals surface area (Å²) in [7, 11) is 0. The summed E-state index contributed by atoms with van der Waals surface area (Å²) in [5.74, 6) is -0.0649. The minimum atomic E-state index is -0.189. The summed E-state index contributed by atoms with van der Waals surface area (Å²) in [6.45, 7) is 1.95. The second kappa shape index (κ2) is 7.45. The highest BCUT2D eigenvalue weighted by Gasteiger charge is 2.18. The molecule has 120 valence electrons. The molecule has 0 spiro atoms. The van der Waals surface area contributed by atoms with E-state index in [1.54, 1.807) is 0 Å². The Hall–Kier alpha value is -2.39. The third kappa shape index (κ3) is 3.74. The van der Waals surface area contributed by atoms with Gasteiger partial charge in [-0.1, -0.05) is 76.6 Å². The fourth-order valence-corrected chi connectivity index (χ4v) is 2.96. The highest BCUT2D eigenvalue weighted by Crippen LogP contribution is 2.24. The van der Waals surface area contributed by atoms with E-state index in [9.17, 15) is 4.79 Å². The third-order valence-corrected chi connectivity index (χ3v) is 4.53. The van der Waals surface area contributed by atoms with Crippen LogP contribution in [0.2, 0.25) is 0 Å². The molecule has 3 aromatic carbocycles. The lowest BCUT2D eigenvalue weighted by molar-refractivity contribution is 0.0942. The van der Waals surface area contributed by atoms with Crippen molar-refractivity contribution in [3.63, 3.8) is 0 Å². The topological polar surface area (TPSA) is 29.1 Å². The number of aryl methyl sites for hydroxylation is 1. The molecule has 3 heteroatoms. The standard InChI is InChI=1S/C21H18BrNO/c1-15-7-5-6-10-19(15)21(24)23-20(16-8-3-2-4-9-16)17-11-13-18(22)14-12-17/h2-14,20H,1H3,(H,23,24). The number of rotatable bonds is 4. The predicted octanol–water partition coefficient (Wildman–Crippen LogP) is 5.28. The van der Waals surface area contributed by atoms with Gasteiger partial charge in [0, 0.05) is 10.0 Å². The van der Waals surface area contributed by atoms with Crippen molar-refractivity contribution < 1.29 is 4.79 Å². The van der Waals surface area contributed by atoms with Crippen molar-refractivity contribution in [2.75, 3.05) is 0 Å². The van der Waals surface area contributed by atoms with E-state index in [1.165, 1.54) is 0 Å². The van der Waals surface area contributed by atoms with Gasteiger partial charge in [0.1, 0.15) is 0 Å². The van der Waals surface area contributed by atoms with E-state index in [0.29, 0.717) is 5.56 Å². The molecule has 2 nitrogen and oxygen atoms in total. The second-order valence-electron chi connectivity index (χ2n) is 5.68. The molecule has 3 aromatic rings. The van der Waals surface area contributed by atoms with Gasteiger partial charge in [-0.3, -0.25) is 4.79 Å². The van der Waals surface area contributed by atoms with Crippen molar-refractivity contribution in [2.24, 2.45) is 0 Å². The van der Waals surface area contributed by atoms with Crippen LogP contribution in [-0.2, 0) is 0 Å². The number of carbonyl (C=O) groups is 1. The normalized spacial score (nSPS) is 11.8. The molecular weight excluding hydrogens is 362 g/mol. The number of nitrogens with one attached hydrogen (secondary N) is 1. The first-order chi connectivity index (χ1) is 11.6. The highest BCUT2D eigenvalue weighted by atomic mass is 79.9. The molecule has 0 aliphatic rings. The first-order valence-corrected chi connectivity index (χ1v) is 8.61. The maximum atomic E-state index is 12.8. The van der Waals surface area contributed by atoms with Gasteiger partial charge < -0.3 is 5.32 Å². The van der Waals surface area contributed by atoms with Gasteiger partial charge in [-0.25, -0.2) is 0 Å². The average molecular weight is 380 g/mol. The lowest BCUT2D eigenvalue weighted by Crippen LogP contribution is -2.29. The van der Waals surface area contributed by atoms with Crippen molar-refractivity contribution >= 4 is 21.8 Å². The summed E-state index contributed by atoms with van der Waals surface area (Å²) in [4.78, 5) is 12.8. The molecule has 0 aromatic heterocycles. The first kappa shape index (κ1) is 16.5. The molecule has 0 radical (unpaired) electrons. The van der Waals surface area contributed by atoms with Crippen molar-refractivity contribution in [3.8, 4) is 0 Å². The number of benzene rings is 3. The van der Waals surface area contributed by atoms with Crippen LogP contribution in [0.4, 0.5) is 0 Å². The van der Waals surface area contributed by atoms with E-state index >= 15 is 0 Å². The Morgan fingerprint density at radius 1 is 0.833 bits per heavy atom. The maximum Gasteiger partial charge on any atom is 0.252 e. The number of halogens is 1. The summed E-state index contributed by atoms with van der Waals surface area (Å²) in [5, 5.41) is 3.17. The van der Waals surface area contributed by atoms with Crippen molar-refractivity contribution in [3.05, 3.63) is 106 Å². The molecule has 1 unspecified atom stereocenters. The molecule has 0 aliphatic carbocycles. The Morgan fingerprint density at radius 2 is 1.42 bits per heavy atom. The molecule has 0 aliphatic heterocycles. The van der Waals surface area contributed by atoms with E-state index in [0.717, 1.165) is 21.2 Å². The van der Waals surface area contributed by atoms with Gasteiger partial charge in [0.05, 0.1) is 6.04 Å². The van der Waals surface area contributed by atoms with Crippen molar-refractivity contribution in [1.29, 1.82) is 0 Å². The molecule has 0 bridgehead atoms. The predicted molar refractivity (Wildman–Crippen MR) is 101 cm³/mol. The van der Waals surface area contributed by atoms with Crippen LogP contribution < -0.4 is 5.32 Å². The van der Waals surface area contributed by atoms with Crippen LogP contribution in [0.15, 0.2) is 83.3 Å². The smallest absolute Gasteiger partial charge is 0.252 e. The molecule has 24 heavy (non-hydrogen) atoms. The summed E-state index contributed by atoms with van der Waals surface area (Å²) in [6, 6.07) is 25.5. The van der Waals surface area contributed by atoms with Gasteiger partial charge in [0.25, 0.3) is 5.91 Å². The molecule has 0 heterocycles. The summed E-state index contributed by atoms with van der Waals surface area (Å²) in [5.41, 5.74) is 3.78. The number of carbonyl (C=O) groups excluding carboxylic acids is 1. The molecule has 0 fully saturated rings. The highest BCUT2D eigenvalue weighted by molar-refractivity contribution is 9.10. The van der Waals surface area contributed by atoms with Gasteiger partial charge in [-0.15, -0.1) is 0 Å². The van der Waals surface area contributed by atoms with Crippen LogP contribution in [-0.4, -0.2) is 5.91 Å². The molecule has 0 saturated carbocycles. The molecule has 1 atom stereocenters. The monoisotopic (exact) mass is 379 g/mol. The zero-order valence-corrected chi connectivity index (χ0v) is 15.0. The third-order valence-electron chi connectivity index (χ3n) is 4.00. The van der Waals surface area contributed by atoms with E-state index in [4.69, 9.17) is 0 Å². The van der Waals surface area contributed by atoms with Crippen LogP contribution in [0.25, 0.3) is 0 Å². The Bertz CT molecular complexity index is 828. The molecule has 1 N–H and O–H groups in total. The van der Waals surface area contributed by atoms with Crippen LogP contribution in [0, 0.1) is 6.92 Å². The minimum Gasteiger partial charge on any atom is -0.341 e. The molecule has 3 rings (SSSR count). The Morgan fingerprint density at radius 3 is 2.08 bits per heavy atom. The maximum absolute atomic E-state index is 12.8. The Balaban J connectivity index is 1.95. The van der Waals surface area contributed by atoms with E-state index in [1.807, 2.05) is 85.8 Å². The second-order valence-corrected chi connectivity index (χ2v) is 6.60. The largest absolute Gasteiger partial charge is 0.341 e. The minimum absolute atomic E-state index is 0.0649. The van der Waals surface area contributed by atoms with Crippen molar-refractivity contribution in [2.45, 2.75) is 13.0 Å². The fourth-order valence-electron chi connectivity index (χ4n) is 2.70. The Kier molecular flexibility index (Phi) is 5.11. The number of hydrogen-bond donors (Lipinski definition) is 1. The zero-order valence-electron chi connectivity index (χ0n) is 13.4. The lowest BCUT2D eigenvalue weighted by atomic mass is 9.98. The molecule has 1 amide bonds. The van der Waals surface area contributed by atoms with Gasteiger partial charge in [0.2, 0.25) is 0 Å². The summed E-state index contributed by atoms with van der Waals surface area (Å²) < 4.78 is 1.02. The molecular formula is C21H18BrNO. The average Bonchev–Trinajstić information content (AvgIpc) is 2.61. The van der Waals surface area contributed by atoms with E-state index in [-0.39, 0.29) is 11.9 Å². The van der Waals surface area contributed by atoms with Gasteiger partial charge >= 0.3 is 0 Å².